The van der Waals surface area contributed by atoms with E-state index in [1.54, 1.807) is 7.11 Å². The lowest BCUT2D eigenvalue weighted by Gasteiger charge is -2.49. The molecule has 0 amide bonds. The van der Waals surface area contributed by atoms with Crippen molar-refractivity contribution in [3.8, 4) is 5.75 Å². The number of carbonyl (C=O) groups excluding carboxylic acids is 1. The number of benzene rings is 1. The summed E-state index contributed by atoms with van der Waals surface area (Å²) in [6.07, 6.45) is 7.23. The van der Waals surface area contributed by atoms with E-state index in [9.17, 15) is 4.79 Å². The van der Waals surface area contributed by atoms with Crippen molar-refractivity contribution in [1.29, 1.82) is 0 Å². The van der Waals surface area contributed by atoms with Crippen LogP contribution in [0.25, 0.3) is 0 Å². The van der Waals surface area contributed by atoms with Crippen molar-refractivity contribution in [2.24, 2.45) is 5.41 Å². The molecule has 0 radical (unpaired) electrons. The Balaban J connectivity index is 1.62. The van der Waals surface area contributed by atoms with Gasteiger partial charge in [-0.3, -0.25) is 4.79 Å². The van der Waals surface area contributed by atoms with Gasteiger partial charge in [0.25, 0.3) is 0 Å². The van der Waals surface area contributed by atoms with E-state index in [4.69, 9.17) is 9.47 Å². The van der Waals surface area contributed by atoms with Crippen LogP contribution < -0.4 is 4.74 Å². The minimum atomic E-state index is -0.160. The van der Waals surface area contributed by atoms with Crippen LogP contribution in [0, 0.1) is 5.41 Å². The molecular formula is C18H24O3. The molecule has 2 fully saturated rings. The molecule has 1 atom stereocenters. The van der Waals surface area contributed by atoms with Gasteiger partial charge in [0.05, 0.1) is 12.0 Å². The van der Waals surface area contributed by atoms with Gasteiger partial charge in [-0.25, -0.2) is 0 Å². The monoisotopic (exact) mass is 288 g/mol. The lowest BCUT2D eigenvalue weighted by Crippen LogP contribution is -2.57. The fourth-order valence-corrected chi connectivity index (χ4v) is 3.67. The fraction of sp³-hybridized carbons (Fsp3) is 0.611. The molecule has 2 saturated carbocycles. The second-order valence-corrected chi connectivity index (χ2v) is 6.34. The molecule has 21 heavy (non-hydrogen) atoms. The van der Waals surface area contributed by atoms with E-state index in [2.05, 4.69) is 12.1 Å². The van der Waals surface area contributed by atoms with Gasteiger partial charge in [-0.2, -0.15) is 0 Å². The van der Waals surface area contributed by atoms with Crippen LogP contribution in [0.3, 0.4) is 0 Å². The molecule has 1 unspecified atom stereocenters. The molecule has 1 spiro atoms. The van der Waals surface area contributed by atoms with Crippen LogP contribution in [-0.2, 0) is 16.0 Å². The standard InChI is InChI=1S/C18H24O3/c1-20-12-9-14-5-7-15(8-6-14)21-17-13-16(19)18(17)10-3-2-4-11-18/h5-8,17H,2-4,9-13H2,1H3. The van der Waals surface area contributed by atoms with E-state index in [1.807, 2.05) is 12.1 Å². The minimum absolute atomic E-state index is 0.0927. The molecule has 0 saturated heterocycles. The third kappa shape index (κ3) is 2.84. The lowest BCUT2D eigenvalue weighted by molar-refractivity contribution is -0.156. The van der Waals surface area contributed by atoms with E-state index in [0.29, 0.717) is 12.2 Å². The minimum Gasteiger partial charge on any atom is -0.489 e. The molecule has 0 N–H and O–H groups in total. The zero-order valence-electron chi connectivity index (χ0n) is 12.8. The summed E-state index contributed by atoms with van der Waals surface area (Å²) in [5.74, 6) is 1.31. The van der Waals surface area contributed by atoms with Crippen molar-refractivity contribution in [2.45, 2.75) is 51.0 Å². The first-order valence-electron chi connectivity index (χ1n) is 8.02. The van der Waals surface area contributed by atoms with Crippen molar-refractivity contribution in [3.05, 3.63) is 29.8 Å². The molecular weight excluding hydrogens is 264 g/mol. The number of ketones is 1. The summed E-state index contributed by atoms with van der Waals surface area (Å²) in [6, 6.07) is 8.21. The van der Waals surface area contributed by atoms with Crippen LogP contribution in [-0.4, -0.2) is 25.6 Å². The van der Waals surface area contributed by atoms with Crippen LogP contribution in [0.4, 0.5) is 0 Å². The van der Waals surface area contributed by atoms with E-state index in [1.165, 1.54) is 24.8 Å². The maximum Gasteiger partial charge on any atom is 0.146 e. The van der Waals surface area contributed by atoms with Crippen LogP contribution in [0.1, 0.15) is 44.1 Å². The highest BCUT2D eigenvalue weighted by molar-refractivity contribution is 5.92. The zero-order chi connectivity index (χ0) is 14.7. The van der Waals surface area contributed by atoms with Gasteiger partial charge in [-0.1, -0.05) is 31.4 Å². The van der Waals surface area contributed by atoms with E-state index in [-0.39, 0.29) is 11.5 Å². The first-order chi connectivity index (χ1) is 10.2. The molecule has 1 aromatic carbocycles. The normalized spacial score (nSPS) is 23.9. The van der Waals surface area contributed by atoms with Crippen LogP contribution in [0.2, 0.25) is 0 Å². The molecule has 3 rings (SSSR count). The highest BCUT2D eigenvalue weighted by atomic mass is 16.5. The fourth-order valence-electron chi connectivity index (χ4n) is 3.67. The Hall–Kier alpha value is -1.35. The third-order valence-electron chi connectivity index (χ3n) is 5.08. The summed E-state index contributed by atoms with van der Waals surface area (Å²) >= 11 is 0. The topological polar surface area (TPSA) is 35.5 Å². The SMILES string of the molecule is COCCc1ccc(OC2CC(=O)C23CCCCC3)cc1. The molecule has 1 aromatic rings. The van der Waals surface area contributed by atoms with E-state index < -0.39 is 0 Å². The number of hydrogen-bond acceptors (Lipinski definition) is 3. The molecule has 3 nitrogen and oxygen atoms in total. The molecule has 2 aliphatic rings. The molecule has 0 bridgehead atoms. The first kappa shape index (κ1) is 14.6. The summed E-state index contributed by atoms with van der Waals surface area (Å²) in [5.41, 5.74) is 1.09. The second kappa shape index (κ2) is 6.18. The van der Waals surface area contributed by atoms with Crippen molar-refractivity contribution < 1.29 is 14.3 Å². The maximum atomic E-state index is 12.1. The largest absolute Gasteiger partial charge is 0.489 e. The van der Waals surface area contributed by atoms with Gasteiger partial charge in [-0.05, 0) is 37.0 Å². The number of Topliss-reactive ketones (excluding diaryl/α,β-unsaturated/α-hetero) is 1. The number of carbonyl (C=O) groups is 1. The highest BCUT2D eigenvalue weighted by Gasteiger charge is 2.56. The smallest absolute Gasteiger partial charge is 0.146 e. The quantitative estimate of drug-likeness (QED) is 0.831. The summed E-state index contributed by atoms with van der Waals surface area (Å²) in [6.45, 7) is 0.737. The molecule has 0 heterocycles. The van der Waals surface area contributed by atoms with Gasteiger partial charge in [0.1, 0.15) is 17.6 Å². The van der Waals surface area contributed by atoms with Crippen molar-refractivity contribution in [3.63, 3.8) is 0 Å². The Morgan fingerprint density at radius 2 is 1.86 bits per heavy atom. The Labute approximate surface area is 126 Å². The summed E-state index contributed by atoms with van der Waals surface area (Å²) in [5, 5.41) is 0. The highest BCUT2D eigenvalue weighted by Crippen LogP contribution is 2.50. The van der Waals surface area contributed by atoms with Gasteiger partial charge < -0.3 is 9.47 Å². The van der Waals surface area contributed by atoms with Crippen LogP contribution in [0.5, 0.6) is 5.75 Å². The number of rotatable bonds is 5. The molecule has 114 valence electrons. The van der Waals surface area contributed by atoms with Crippen molar-refractivity contribution >= 4 is 5.78 Å². The Kier molecular flexibility index (Phi) is 4.29. The Morgan fingerprint density at radius 1 is 1.14 bits per heavy atom. The predicted molar refractivity (Wildman–Crippen MR) is 81.6 cm³/mol. The van der Waals surface area contributed by atoms with Gasteiger partial charge in [-0.15, -0.1) is 0 Å². The summed E-state index contributed by atoms with van der Waals surface area (Å²) in [4.78, 5) is 12.1. The Morgan fingerprint density at radius 3 is 2.48 bits per heavy atom. The summed E-state index contributed by atoms with van der Waals surface area (Å²) < 4.78 is 11.2. The van der Waals surface area contributed by atoms with E-state index in [0.717, 1.165) is 31.6 Å². The number of hydrogen-bond donors (Lipinski definition) is 0. The lowest BCUT2D eigenvalue weighted by atomic mass is 9.57. The van der Waals surface area contributed by atoms with Gasteiger partial charge in [0, 0.05) is 13.5 Å². The number of methoxy groups -OCH3 is 1. The average molecular weight is 288 g/mol. The maximum absolute atomic E-state index is 12.1. The second-order valence-electron chi connectivity index (χ2n) is 6.34. The summed E-state index contributed by atoms with van der Waals surface area (Å²) in [7, 11) is 1.72. The first-order valence-corrected chi connectivity index (χ1v) is 8.02. The average Bonchev–Trinajstić information content (AvgIpc) is 2.54. The zero-order valence-corrected chi connectivity index (χ0v) is 12.8. The van der Waals surface area contributed by atoms with Gasteiger partial charge >= 0.3 is 0 Å². The van der Waals surface area contributed by atoms with Crippen molar-refractivity contribution in [1.82, 2.24) is 0 Å². The van der Waals surface area contributed by atoms with E-state index >= 15 is 0 Å². The molecule has 2 aliphatic carbocycles. The molecule has 0 aliphatic heterocycles. The molecule has 3 heteroatoms. The number of ether oxygens (including phenoxy) is 2. The third-order valence-corrected chi connectivity index (χ3v) is 5.08. The van der Waals surface area contributed by atoms with Crippen LogP contribution >= 0.6 is 0 Å². The Bertz CT molecular complexity index is 486. The van der Waals surface area contributed by atoms with Crippen LogP contribution in [0.15, 0.2) is 24.3 Å². The molecule has 0 aromatic heterocycles. The van der Waals surface area contributed by atoms with Gasteiger partial charge in [0.15, 0.2) is 0 Å². The predicted octanol–water partition coefficient (Wildman–Crippen LogP) is 3.55. The van der Waals surface area contributed by atoms with Gasteiger partial charge in [0.2, 0.25) is 0 Å². The van der Waals surface area contributed by atoms with Crippen molar-refractivity contribution in [2.75, 3.05) is 13.7 Å².